The quantitative estimate of drug-likeness (QED) is 0.352. The highest BCUT2D eigenvalue weighted by atomic mass is 16.5. The third-order valence-electron chi connectivity index (χ3n) is 5.27. The maximum absolute atomic E-state index is 6.02. The van der Waals surface area contributed by atoms with Crippen LogP contribution in [0.25, 0.3) is 0 Å². The predicted molar refractivity (Wildman–Crippen MR) is 112 cm³/mol. The van der Waals surface area contributed by atoms with Gasteiger partial charge in [-0.25, -0.2) is 0 Å². The number of hydrogen-bond acceptors (Lipinski definition) is 3. The SMILES string of the molecule is CCNC(=NCCCn1nc(C)cc1C)NCCC(OCC)C1CCCC1. The molecule has 27 heavy (non-hydrogen) atoms. The predicted octanol–water partition coefficient (Wildman–Crippen LogP) is 3.43. The lowest BCUT2D eigenvalue weighted by Gasteiger charge is -2.24. The standard InChI is InChI=1S/C21H39N5O/c1-5-22-21(23-13-9-15-26-18(4)16-17(3)25-26)24-14-12-20(27-6-2)19-10-7-8-11-19/h16,19-20H,5-15H2,1-4H3,(H2,22,23,24). The molecular weight excluding hydrogens is 338 g/mol. The molecule has 0 bridgehead atoms. The Kier molecular flexibility index (Phi) is 9.67. The molecule has 0 spiro atoms. The molecule has 0 radical (unpaired) electrons. The highest BCUT2D eigenvalue weighted by Crippen LogP contribution is 2.30. The molecular formula is C21H39N5O. The summed E-state index contributed by atoms with van der Waals surface area (Å²) in [5.74, 6) is 1.65. The van der Waals surface area contributed by atoms with Gasteiger partial charge < -0.3 is 15.4 Å². The first kappa shape index (κ1) is 21.7. The van der Waals surface area contributed by atoms with Gasteiger partial charge in [0.2, 0.25) is 0 Å². The maximum atomic E-state index is 6.02. The summed E-state index contributed by atoms with van der Waals surface area (Å²) in [6.45, 7) is 12.6. The Morgan fingerprint density at radius 2 is 2.07 bits per heavy atom. The van der Waals surface area contributed by atoms with E-state index in [2.05, 4.69) is 47.3 Å². The molecule has 6 nitrogen and oxygen atoms in total. The molecule has 1 aliphatic carbocycles. The second-order valence-corrected chi connectivity index (χ2v) is 7.52. The lowest BCUT2D eigenvalue weighted by atomic mass is 9.98. The third-order valence-corrected chi connectivity index (χ3v) is 5.27. The van der Waals surface area contributed by atoms with E-state index >= 15 is 0 Å². The lowest BCUT2D eigenvalue weighted by molar-refractivity contribution is 0.0169. The Morgan fingerprint density at radius 3 is 2.70 bits per heavy atom. The first-order chi connectivity index (χ1) is 13.1. The number of rotatable bonds is 11. The maximum Gasteiger partial charge on any atom is 0.191 e. The molecule has 2 N–H and O–H groups in total. The zero-order chi connectivity index (χ0) is 19.5. The monoisotopic (exact) mass is 377 g/mol. The second-order valence-electron chi connectivity index (χ2n) is 7.52. The van der Waals surface area contributed by atoms with Gasteiger partial charge in [0.1, 0.15) is 0 Å². The first-order valence-electron chi connectivity index (χ1n) is 10.8. The van der Waals surface area contributed by atoms with E-state index in [1.807, 2.05) is 6.92 Å². The van der Waals surface area contributed by atoms with Gasteiger partial charge in [-0.15, -0.1) is 0 Å². The van der Waals surface area contributed by atoms with Gasteiger partial charge in [-0.05, 0) is 65.4 Å². The number of nitrogens with zero attached hydrogens (tertiary/aromatic N) is 3. The third kappa shape index (κ3) is 7.53. The molecule has 1 aromatic rings. The molecule has 154 valence electrons. The summed E-state index contributed by atoms with van der Waals surface area (Å²) in [7, 11) is 0. The van der Waals surface area contributed by atoms with Gasteiger partial charge >= 0.3 is 0 Å². The fourth-order valence-corrected chi connectivity index (χ4v) is 3.99. The smallest absolute Gasteiger partial charge is 0.191 e. The number of guanidine groups is 1. The van der Waals surface area contributed by atoms with Crippen LogP contribution in [0.4, 0.5) is 0 Å². The van der Waals surface area contributed by atoms with Crippen molar-refractivity contribution in [1.29, 1.82) is 0 Å². The van der Waals surface area contributed by atoms with E-state index in [0.29, 0.717) is 6.10 Å². The van der Waals surface area contributed by atoms with Gasteiger partial charge in [0.15, 0.2) is 5.96 Å². The van der Waals surface area contributed by atoms with E-state index < -0.39 is 0 Å². The molecule has 1 aliphatic rings. The normalized spacial score (nSPS) is 16.7. The Hall–Kier alpha value is -1.56. The Bertz CT molecular complexity index is 563. The molecule has 1 unspecified atom stereocenters. The number of aliphatic imine (C=N–C) groups is 1. The summed E-state index contributed by atoms with van der Waals surface area (Å²) in [6, 6.07) is 2.12. The van der Waals surface area contributed by atoms with Crippen molar-refractivity contribution < 1.29 is 4.74 Å². The molecule has 0 aromatic carbocycles. The number of hydrogen-bond donors (Lipinski definition) is 2. The lowest BCUT2D eigenvalue weighted by Crippen LogP contribution is -2.39. The van der Waals surface area contributed by atoms with Gasteiger partial charge in [0.05, 0.1) is 11.8 Å². The fourth-order valence-electron chi connectivity index (χ4n) is 3.99. The molecule has 0 amide bonds. The fraction of sp³-hybridized carbons (Fsp3) is 0.810. The molecule has 6 heteroatoms. The van der Waals surface area contributed by atoms with E-state index in [0.717, 1.165) is 63.2 Å². The van der Waals surface area contributed by atoms with E-state index in [1.165, 1.54) is 31.4 Å². The summed E-state index contributed by atoms with van der Waals surface area (Å²) in [4.78, 5) is 4.72. The van der Waals surface area contributed by atoms with Crippen molar-refractivity contribution in [2.45, 2.75) is 78.9 Å². The van der Waals surface area contributed by atoms with Crippen molar-refractivity contribution in [2.24, 2.45) is 10.9 Å². The van der Waals surface area contributed by atoms with E-state index in [1.54, 1.807) is 0 Å². The topological polar surface area (TPSA) is 63.5 Å². The molecule has 1 fully saturated rings. The summed E-state index contributed by atoms with van der Waals surface area (Å²) in [6.07, 6.45) is 7.80. The zero-order valence-corrected chi connectivity index (χ0v) is 17.8. The number of aryl methyl sites for hydroxylation is 3. The van der Waals surface area contributed by atoms with Crippen molar-refractivity contribution in [1.82, 2.24) is 20.4 Å². The van der Waals surface area contributed by atoms with Crippen molar-refractivity contribution in [3.05, 3.63) is 17.5 Å². The van der Waals surface area contributed by atoms with Gasteiger partial charge in [-0.2, -0.15) is 5.10 Å². The number of aromatic nitrogens is 2. The van der Waals surface area contributed by atoms with Crippen molar-refractivity contribution in [3.63, 3.8) is 0 Å². The molecule has 1 atom stereocenters. The van der Waals surface area contributed by atoms with Crippen LogP contribution in [0.3, 0.4) is 0 Å². The van der Waals surface area contributed by atoms with Crippen molar-refractivity contribution in [3.8, 4) is 0 Å². The number of ether oxygens (including phenoxy) is 1. The molecule has 1 saturated carbocycles. The van der Waals surface area contributed by atoms with Crippen LogP contribution >= 0.6 is 0 Å². The largest absolute Gasteiger partial charge is 0.378 e. The minimum atomic E-state index is 0.388. The Labute approximate surface area is 165 Å². The van der Waals surface area contributed by atoms with Gasteiger partial charge in [-0.3, -0.25) is 9.67 Å². The molecule has 0 saturated heterocycles. The molecule has 0 aliphatic heterocycles. The van der Waals surface area contributed by atoms with Crippen LogP contribution in [-0.2, 0) is 11.3 Å². The summed E-state index contributed by atoms with van der Waals surface area (Å²) in [5, 5.41) is 11.3. The summed E-state index contributed by atoms with van der Waals surface area (Å²) >= 11 is 0. The highest BCUT2D eigenvalue weighted by molar-refractivity contribution is 5.79. The Morgan fingerprint density at radius 1 is 1.30 bits per heavy atom. The highest BCUT2D eigenvalue weighted by Gasteiger charge is 2.25. The van der Waals surface area contributed by atoms with Crippen molar-refractivity contribution >= 4 is 5.96 Å². The summed E-state index contributed by atoms with van der Waals surface area (Å²) in [5.41, 5.74) is 2.30. The summed E-state index contributed by atoms with van der Waals surface area (Å²) < 4.78 is 8.09. The molecule has 1 aromatic heterocycles. The van der Waals surface area contributed by atoms with E-state index in [4.69, 9.17) is 9.73 Å². The number of nitrogens with one attached hydrogen (secondary N) is 2. The van der Waals surface area contributed by atoms with Crippen LogP contribution in [0.1, 0.15) is 63.8 Å². The van der Waals surface area contributed by atoms with Gasteiger partial charge in [0.25, 0.3) is 0 Å². The minimum absolute atomic E-state index is 0.388. The van der Waals surface area contributed by atoms with Crippen LogP contribution in [0.15, 0.2) is 11.1 Å². The van der Waals surface area contributed by atoms with Crippen molar-refractivity contribution in [2.75, 3.05) is 26.2 Å². The minimum Gasteiger partial charge on any atom is -0.378 e. The van der Waals surface area contributed by atoms with Crippen LogP contribution in [0.2, 0.25) is 0 Å². The van der Waals surface area contributed by atoms with Crippen LogP contribution in [0, 0.1) is 19.8 Å². The van der Waals surface area contributed by atoms with Crippen LogP contribution in [-0.4, -0.2) is 48.1 Å². The van der Waals surface area contributed by atoms with Crippen LogP contribution < -0.4 is 10.6 Å². The second kappa shape index (κ2) is 12.0. The average molecular weight is 378 g/mol. The Balaban J connectivity index is 1.74. The van der Waals surface area contributed by atoms with Gasteiger partial charge in [-0.1, -0.05) is 12.8 Å². The van der Waals surface area contributed by atoms with E-state index in [-0.39, 0.29) is 0 Å². The molecule has 1 heterocycles. The average Bonchev–Trinajstić information content (AvgIpc) is 3.27. The van der Waals surface area contributed by atoms with E-state index in [9.17, 15) is 0 Å². The van der Waals surface area contributed by atoms with Gasteiger partial charge in [0, 0.05) is 38.5 Å². The first-order valence-corrected chi connectivity index (χ1v) is 10.8. The van der Waals surface area contributed by atoms with Crippen LogP contribution in [0.5, 0.6) is 0 Å². The molecule has 2 rings (SSSR count). The zero-order valence-electron chi connectivity index (χ0n) is 17.8.